The van der Waals surface area contributed by atoms with Gasteiger partial charge in [0.1, 0.15) is 0 Å². The Bertz CT molecular complexity index is 642. The van der Waals surface area contributed by atoms with Crippen LogP contribution in [-0.4, -0.2) is 18.3 Å². The summed E-state index contributed by atoms with van der Waals surface area (Å²) in [6.07, 6.45) is -0.932. The van der Waals surface area contributed by atoms with Crippen molar-refractivity contribution in [3.05, 3.63) is 79.6 Å². The molecule has 0 amide bonds. The van der Waals surface area contributed by atoms with Gasteiger partial charge in [-0.2, -0.15) is 0 Å². The zero-order chi connectivity index (χ0) is 15.8. The van der Waals surface area contributed by atoms with Gasteiger partial charge in [0, 0.05) is 28.9 Å². The van der Waals surface area contributed by atoms with Crippen molar-refractivity contribution in [2.45, 2.75) is 13.2 Å². The van der Waals surface area contributed by atoms with Crippen LogP contribution in [0, 0.1) is 57.3 Å². The molecule has 1 atom stereocenters. The van der Waals surface area contributed by atoms with Gasteiger partial charge in [0.15, 0.2) is 6.29 Å². The summed E-state index contributed by atoms with van der Waals surface area (Å²) >= 11 is 0. The molecule has 24 heavy (non-hydrogen) atoms. The number of nitrogens with one attached hydrogen (secondary N) is 1. The van der Waals surface area contributed by atoms with Crippen LogP contribution in [0.15, 0.2) is 48.5 Å². The SMILES string of the molecule is [CH2-]COC(O)c1ccc(C#Cc2ccc(NCC)cc2)cc1.[CH3-].[U+2]. The molecule has 0 saturated heterocycles. The van der Waals surface area contributed by atoms with Crippen LogP contribution in [0.4, 0.5) is 5.69 Å². The maximum absolute atomic E-state index is 9.68. The molecule has 2 aromatic rings. The van der Waals surface area contributed by atoms with Crippen LogP contribution in [-0.2, 0) is 4.74 Å². The Balaban J connectivity index is 0.00000264. The third-order valence-corrected chi connectivity index (χ3v) is 3.09. The van der Waals surface area contributed by atoms with E-state index < -0.39 is 6.29 Å². The predicted molar refractivity (Wildman–Crippen MR) is 95.7 cm³/mol. The smallest absolute Gasteiger partial charge is 0.385 e. The van der Waals surface area contributed by atoms with Crippen LogP contribution in [0.5, 0.6) is 0 Å². The first-order valence-corrected chi connectivity index (χ1v) is 7.27. The predicted octanol–water partition coefficient (Wildman–Crippen LogP) is 3.81. The molecular weight excluding hydrogens is 524 g/mol. The van der Waals surface area contributed by atoms with Crippen LogP contribution >= 0.6 is 0 Å². The summed E-state index contributed by atoms with van der Waals surface area (Å²) in [6, 6.07) is 15.4. The molecule has 0 aliphatic rings. The van der Waals surface area contributed by atoms with Crippen LogP contribution in [0.2, 0.25) is 0 Å². The van der Waals surface area contributed by atoms with Crippen molar-refractivity contribution in [3.8, 4) is 11.8 Å². The average molecular weight is 547 g/mol. The van der Waals surface area contributed by atoms with E-state index in [1.807, 2.05) is 36.4 Å². The van der Waals surface area contributed by atoms with Gasteiger partial charge in [-0.05, 0) is 43.3 Å². The summed E-state index contributed by atoms with van der Waals surface area (Å²) in [6.45, 7) is 6.74. The molecule has 4 heteroatoms. The quantitative estimate of drug-likeness (QED) is 0.340. The van der Waals surface area contributed by atoms with E-state index >= 15 is 0 Å². The average Bonchev–Trinajstić information content (AvgIpc) is 2.55. The molecule has 0 heterocycles. The molecule has 0 aromatic heterocycles. The molecule has 0 spiro atoms. The molecule has 124 valence electrons. The molecule has 0 fully saturated rings. The molecule has 2 rings (SSSR count). The molecule has 0 aliphatic carbocycles. The number of rotatable bonds is 5. The van der Waals surface area contributed by atoms with Gasteiger partial charge in [0.25, 0.3) is 0 Å². The van der Waals surface area contributed by atoms with Crippen molar-refractivity contribution in [1.29, 1.82) is 0 Å². The van der Waals surface area contributed by atoms with E-state index in [9.17, 15) is 5.11 Å². The molecule has 3 nitrogen and oxygen atoms in total. The second-order valence-corrected chi connectivity index (χ2v) is 4.70. The Morgan fingerprint density at radius 2 is 1.54 bits per heavy atom. The summed E-state index contributed by atoms with van der Waals surface area (Å²) in [5.74, 6) is 6.23. The Kier molecular flexibility index (Phi) is 11.6. The molecule has 1 unspecified atom stereocenters. The summed E-state index contributed by atoms with van der Waals surface area (Å²) in [5, 5.41) is 12.9. The van der Waals surface area contributed by atoms with Crippen molar-refractivity contribution >= 4 is 5.69 Å². The fourth-order valence-corrected chi connectivity index (χ4v) is 1.96. The van der Waals surface area contributed by atoms with Crippen LogP contribution in [0.25, 0.3) is 0 Å². The topological polar surface area (TPSA) is 41.5 Å². The maximum Gasteiger partial charge on any atom is 2.00 e. The van der Waals surface area contributed by atoms with Gasteiger partial charge in [0.2, 0.25) is 0 Å². The number of aliphatic hydroxyl groups is 1. The first-order chi connectivity index (χ1) is 10.7. The van der Waals surface area contributed by atoms with Gasteiger partial charge in [-0.1, -0.05) is 30.6 Å². The zero-order valence-corrected chi connectivity index (χ0v) is 18.3. The molecule has 2 N–H and O–H groups in total. The Hall–Kier alpha value is -1.23. The Morgan fingerprint density at radius 1 is 1.04 bits per heavy atom. The van der Waals surface area contributed by atoms with Gasteiger partial charge >= 0.3 is 31.1 Å². The van der Waals surface area contributed by atoms with Gasteiger partial charge < -0.3 is 29.5 Å². The first-order valence-electron chi connectivity index (χ1n) is 7.27. The molecular formula is C20H23NO2U. The van der Waals surface area contributed by atoms with E-state index in [0.29, 0.717) is 5.56 Å². The monoisotopic (exact) mass is 547 g/mol. The Morgan fingerprint density at radius 3 is 2.00 bits per heavy atom. The minimum atomic E-state index is -0.932. The van der Waals surface area contributed by atoms with Crippen molar-refractivity contribution in [3.63, 3.8) is 0 Å². The van der Waals surface area contributed by atoms with E-state index in [1.54, 1.807) is 12.1 Å². The fraction of sp³-hybridized carbons (Fsp3) is 0.200. The minimum Gasteiger partial charge on any atom is -0.385 e. The number of hydrogen-bond donors (Lipinski definition) is 2. The van der Waals surface area contributed by atoms with Gasteiger partial charge in [-0.25, -0.2) is 0 Å². The van der Waals surface area contributed by atoms with E-state index in [1.165, 1.54) is 0 Å². The summed E-state index contributed by atoms with van der Waals surface area (Å²) in [4.78, 5) is 0. The Labute approximate surface area is 169 Å². The van der Waals surface area contributed by atoms with Crippen molar-refractivity contribution in [2.24, 2.45) is 0 Å². The summed E-state index contributed by atoms with van der Waals surface area (Å²) in [5.41, 5.74) is 3.65. The molecule has 0 bridgehead atoms. The second kappa shape index (κ2) is 12.2. The van der Waals surface area contributed by atoms with E-state index in [2.05, 4.69) is 31.0 Å². The van der Waals surface area contributed by atoms with E-state index in [-0.39, 0.29) is 45.1 Å². The summed E-state index contributed by atoms with van der Waals surface area (Å²) in [7, 11) is 0. The van der Waals surface area contributed by atoms with Gasteiger partial charge in [0.05, 0.1) is 0 Å². The largest absolute Gasteiger partial charge is 2.00 e. The third-order valence-electron chi connectivity index (χ3n) is 3.09. The van der Waals surface area contributed by atoms with Gasteiger partial charge in [-0.3, -0.25) is 0 Å². The van der Waals surface area contributed by atoms with E-state index in [4.69, 9.17) is 4.74 Å². The fourth-order valence-electron chi connectivity index (χ4n) is 1.96. The number of benzene rings is 2. The van der Waals surface area contributed by atoms with Gasteiger partial charge in [-0.15, -0.1) is 0 Å². The zero-order valence-electron chi connectivity index (χ0n) is 14.2. The first kappa shape index (κ1) is 22.8. The van der Waals surface area contributed by atoms with Crippen LogP contribution < -0.4 is 5.32 Å². The standard InChI is InChI=1S/C19H20NO2.CH3.U/c1-3-20-18-13-9-16(10-14-18)6-5-15-7-11-17(12-8-15)19(21)22-4-2;;/h7-14,19-21H,2-4H2,1H3;1H3;/q2*-1;+2. The van der Waals surface area contributed by atoms with Crippen molar-refractivity contribution < 1.29 is 41.0 Å². The number of anilines is 1. The second-order valence-electron chi connectivity index (χ2n) is 4.70. The number of aliphatic hydroxyl groups excluding tert-OH is 1. The number of ether oxygens (including phenoxy) is 1. The third kappa shape index (κ3) is 7.12. The maximum atomic E-state index is 9.68. The molecule has 2 aromatic carbocycles. The van der Waals surface area contributed by atoms with Crippen LogP contribution in [0.1, 0.15) is 29.9 Å². The molecule has 0 saturated carbocycles. The van der Waals surface area contributed by atoms with Crippen molar-refractivity contribution in [1.82, 2.24) is 0 Å². The van der Waals surface area contributed by atoms with E-state index in [0.717, 1.165) is 23.4 Å². The number of hydrogen-bond acceptors (Lipinski definition) is 3. The molecule has 0 aliphatic heterocycles. The minimum absolute atomic E-state index is 0. The van der Waals surface area contributed by atoms with Crippen LogP contribution in [0.3, 0.4) is 0 Å². The molecule has 0 radical (unpaired) electrons. The normalized spacial score (nSPS) is 10.5. The summed E-state index contributed by atoms with van der Waals surface area (Å²) < 4.78 is 5.03. The van der Waals surface area contributed by atoms with Crippen molar-refractivity contribution in [2.75, 3.05) is 18.5 Å².